The maximum absolute atomic E-state index is 12.1. The summed E-state index contributed by atoms with van der Waals surface area (Å²) in [7, 11) is 2.89. The third kappa shape index (κ3) is 4.82. The van der Waals surface area contributed by atoms with E-state index in [4.69, 9.17) is 9.47 Å². The molecule has 0 heterocycles. The van der Waals surface area contributed by atoms with E-state index in [0.29, 0.717) is 6.54 Å². The number of methoxy groups -OCH3 is 2. The fourth-order valence-corrected chi connectivity index (χ4v) is 2.62. The van der Waals surface area contributed by atoms with Crippen LogP contribution in [0.3, 0.4) is 0 Å². The highest BCUT2D eigenvalue weighted by Gasteiger charge is 2.28. The number of carbonyl (C=O) groups is 2. The van der Waals surface area contributed by atoms with Crippen LogP contribution in [0.5, 0.6) is 0 Å². The Morgan fingerprint density at radius 2 is 1.84 bits per heavy atom. The molecule has 1 aliphatic rings. The summed E-state index contributed by atoms with van der Waals surface area (Å²) in [5.41, 5.74) is 0. The number of rotatable bonds is 6. The van der Waals surface area contributed by atoms with Crippen molar-refractivity contribution < 1.29 is 19.1 Å². The fraction of sp³-hybridized carbons (Fsp3) is 0.857. The fourth-order valence-electron chi connectivity index (χ4n) is 2.62. The molecule has 110 valence electrons. The summed E-state index contributed by atoms with van der Waals surface area (Å²) in [6, 6.07) is 0.239. The van der Waals surface area contributed by atoms with E-state index in [9.17, 15) is 9.59 Å². The van der Waals surface area contributed by atoms with Gasteiger partial charge in [-0.1, -0.05) is 26.2 Å². The predicted octanol–water partition coefficient (Wildman–Crippen LogP) is 1.60. The van der Waals surface area contributed by atoms with Gasteiger partial charge >= 0.3 is 5.97 Å². The van der Waals surface area contributed by atoms with Crippen LogP contribution in [0.2, 0.25) is 0 Å². The Kier molecular flexibility index (Phi) is 6.84. The Balaban J connectivity index is 2.67. The molecule has 1 atom stereocenters. The van der Waals surface area contributed by atoms with Gasteiger partial charge in [0.25, 0.3) is 0 Å². The van der Waals surface area contributed by atoms with E-state index in [1.54, 1.807) is 6.92 Å². The first-order chi connectivity index (χ1) is 9.10. The number of ether oxygens (including phenoxy) is 2. The van der Waals surface area contributed by atoms with E-state index >= 15 is 0 Å². The summed E-state index contributed by atoms with van der Waals surface area (Å²) < 4.78 is 9.67. The van der Waals surface area contributed by atoms with Gasteiger partial charge in [0.15, 0.2) is 0 Å². The number of nitrogens with zero attached hydrogens (tertiary/aromatic N) is 1. The second-order valence-electron chi connectivity index (χ2n) is 5.20. The van der Waals surface area contributed by atoms with E-state index in [0.717, 1.165) is 25.7 Å². The Labute approximate surface area is 115 Å². The molecule has 1 fully saturated rings. The third-order valence-corrected chi connectivity index (χ3v) is 3.68. The molecule has 0 aromatic carbocycles. The van der Waals surface area contributed by atoms with Crippen molar-refractivity contribution in [1.29, 1.82) is 0 Å². The van der Waals surface area contributed by atoms with Gasteiger partial charge < -0.3 is 14.4 Å². The predicted molar refractivity (Wildman–Crippen MR) is 71.6 cm³/mol. The van der Waals surface area contributed by atoms with E-state index in [1.165, 1.54) is 20.6 Å². The normalized spacial score (nSPS) is 17.8. The molecule has 0 bridgehead atoms. The van der Waals surface area contributed by atoms with Crippen LogP contribution in [-0.4, -0.2) is 50.2 Å². The molecule has 1 saturated carbocycles. The summed E-state index contributed by atoms with van der Waals surface area (Å²) >= 11 is 0. The molecule has 0 aromatic rings. The van der Waals surface area contributed by atoms with Gasteiger partial charge in [-0.25, -0.2) is 0 Å². The van der Waals surface area contributed by atoms with Crippen molar-refractivity contribution in [2.24, 2.45) is 5.92 Å². The molecular weight excluding hydrogens is 246 g/mol. The lowest BCUT2D eigenvalue weighted by Crippen LogP contribution is -2.46. The SMILES string of the molecule is COCC(=O)N(CC(C)C(=O)OC)C1CCCCC1. The molecule has 5 heteroatoms. The number of amides is 1. The third-order valence-electron chi connectivity index (χ3n) is 3.68. The van der Waals surface area contributed by atoms with Crippen molar-refractivity contribution >= 4 is 11.9 Å². The first kappa shape index (κ1) is 16.0. The Hall–Kier alpha value is -1.10. The maximum atomic E-state index is 12.1. The number of hydrogen-bond acceptors (Lipinski definition) is 4. The van der Waals surface area contributed by atoms with Gasteiger partial charge in [0.05, 0.1) is 13.0 Å². The van der Waals surface area contributed by atoms with Crippen LogP contribution in [0.4, 0.5) is 0 Å². The van der Waals surface area contributed by atoms with Crippen molar-refractivity contribution in [2.45, 2.75) is 45.1 Å². The Morgan fingerprint density at radius 1 is 1.21 bits per heavy atom. The van der Waals surface area contributed by atoms with Gasteiger partial charge in [-0.05, 0) is 12.8 Å². The van der Waals surface area contributed by atoms with Crippen molar-refractivity contribution in [3.8, 4) is 0 Å². The zero-order chi connectivity index (χ0) is 14.3. The number of esters is 1. The highest BCUT2D eigenvalue weighted by molar-refractivity contribution is 5.79. The smallest absolute Gasteiger partial charge is 0.310 e. The maximum Gasteiger partial charge on any atom is 0.310 e. The van der Waals surface area contributed by atoms with E-state index in [2.05, 4.69) is 0 Å². The zero-order valence-electron chi connectivity index (χ0n) is 12.2. The van der Waals surface area contributed by atoms with Gasteiger partial charge in [0.1, 0.15) is 6.61 Å². The molecule has 19 heavy (non-hydrogen) atoms. The summed E-state index contributed by atoms with van der Waals surface area (Å²) in [5.74, 6) is -0.607. The molecule has 1 unspecified atom stereocenters. The molecule has 0 radical (unpaired) electrons. The minimum atomic E-state index is -0.298. The first-order valence-electron chi connectivity index (χ1n) is 6.96. The summed E-state index contributed by atoms with van der Waals surface area (Å²) in [6.45, 7) is 2.28. The monoisotopic (exact) mass is 271 g/mol. The van der Waals surface area contributed by atoms with Crippen LogP contribution in [0.15, 0.2) is 0 Å². The van der Waals surface area contributed by atoms with Gasteiger partial charge in [0, 0.05) is 19.7 Å². The second kappa shape index (κ2) is 8.15. The zero-order valence-corrected chi connectivity index (χ0v) is 12.2. The average molecular weight is 271 g/mol. The summed E-state index contributed by atoms with van der Waals surface area (Å²) in [4.78, 5) is 25.5. The molecule has 0 N–H and O–H groups in total. The topological polar surface area (TPSA) is 55.8 Å². The number of hydrogen-bond donors (Lipinski definition) is 0. The van der Waals surface area contributed by atoms with Crippen LogP contribution in [0.25, 0.3) is 0 Å². The molecule has 1 aliphatic carbocycles. The lowest BCUT2D eigenvalue weighted by atomic mass is 9.93. The highest BCUT2D eigenvalue weighted by atomic mass is 16.5. The molecule has 5 nitrogen and oxygen atoms in total. The Bertz CT molecular complexity index is 300. The average Bonchev–Trinajstić information content (AvgIpc) is 2.44. The standard InChI is InChI=1S/C14H25NO4/c1-11(14(17)19-3)9-15(13(16)10-18-2)12-7-5-4-6-8-12/h11-12H,4-10H2,1-3H3. The van der Waals surface area contributed by atoms with Crippen molar-refractivity contribution in [3.05, 3.63) is 0 Å². The van der Waals surface area contributed by atoms with Gasteiger partial charge in [-0.3, -0.25) is 9.59 Å². The van der Waals surface area contributed by atoms with Crippen molar-refractivity contribution in [3.63, 3.8) is 0 Å². The van der Waals surface area contributed by atoms with Crippen LogP contribution in [0.1, 0.15) is 39.0 Å². The van der Waals surface area contributed by atoms with E-state index < -0.39 is 0 Å². The van der Waals surface area contributed by atoms with Crippen molar-refractivity contribution in [1.82, 2.24) is 4.90 Å². The van der Waals surface area contributed by atoms with E-state index in [-0.39, 0.29) is 30.4 Å². The number of carbonyl (C=O) groups excluding carboxylic acids is 2. The van der Waals surface area contributed by atoms with Gasteiger partial charge in [0.2, 0.25) is 5.91 Å². The summed E-state index contributed by atoms with van der Waals surface area (Å²) in [5, 5.41) is 0. The van der Waals surface area contributed by atoms with E-state index in [1.807, 2.05) is 4.90 Å². The molecule has 1 amide bonds. The molecular formula is C14H25NO4. The second-order valence-corrected chi connectivity index (χ2v) is 5.20. The minimum absolute atomic E-state index is 0.0369. The molecule has 0 saturated heterocycles. The van der Waals surface area contributed by atoms with Crippen LogP contribution in [0, 0.1) is 5.92 Å². The molecule has 0 spiro atoms. The van der Waals surface area contributed by atoms with Crippen LogP contribution >= 0.6 is 0 Å². The Morgan fingerprint density at radius 3 is 2.37 bits per heavy atom. The van der Waals surface area contributed by atoms with Crippen LogP contribution in [-0.2, 0) is 19.1 Å². The minimum Gasteiger partial charge on any atom is -0.469 e. The molecule has 0 aliphatic heterocycles. The van der Waals surface area contributed by atoms with Crippen LogP contribution < -0.4 is 0 Å². The lowest BCUT2D eigenvalue weighted by Gasteiger charge is -2.35. The van der Waals surface area contributed by atoms with Crippen molar-refractivity contribution in [2.75, 3.05) is 27.4 Å². The first-order valence-corrected chi connectivity index (χ1v) is 6.96. The largest absolute Gasteiger partial charge is 0.469 e. The van der Waals surface area contributed by atoms with Gasteiger partial charge in [-0.2, -0.15) is 0 Å². The highest BCUT2D eigenvalue weighted by Crippen LogP contribution is 2.23. The van der Waals surface area contributed by atoms with Gasteiger partial charge in [-0.15, -0.1) is 0 Å². The molecule has 1 rings (SSSR count). The molecule has 0 aromatic heterocycles. The quantitative estimate of drug-likeness (QED) is 0.689. The summed E-state index contributed by atoms with van der Waals surface area (Å²) in [6.07, 6.45) is 5.56. The lowest BCUT2D eigenvalue weighted by molar-refractivity contribution is -0.148.